The standard InChI is InChI=1S/C13H19BrO3S/c1-4-18(15,16)7-5-6-17-12-8-10(2)13(14)11(3)9-12/h8-9H,4-7H2,1-3H3. The lowest BCUT2D eigenvalue weighted by Crippen LogP contribution is -2.11. The van der Waals surface area contributed by atoms with Gasteiger partial charge in [-0.25, -0.2) is 8.42 Å². The molecule has 5 heteroatoms. The van der Waals surface area contributed by atoms with Crippen molar-refractivity contribution in [1.82, 2.24) is 0 Å². The summed E-state index contributed by atoms with van der Waals surface area (Å²) in [6, 6.07) is 3.90. The van der Waals surface area contributed by atoms with Crippen molar-refractivity contribution in [2.75, 3.05) is 18.1 Å². The Morgan fingerprint density at radius 3 is 2.28 bits per heavy atom. The van der Waals surface area contributed by atoms with E-state index < -0.39 is 9.84 Å². The average Bonchev–Trinajstić information content (AvgIpc) is 2.31. The summed E-state index contributed by atoms with van der Waals surface area (Å²) in [6.45, 7) is 6.11. The Labute approximate surface area is 118 Å². The van der Waals surface area contributed by atoms with Crippen LogP contribution < -0.4 is 4.74 Å². The predicted octanol–water partition coefficient (Wildman–Crippen LogP) is 3.27. The molecule has 0 unspecified atom stereocenters. The van der Waals surface area contributed by atoms with Gasteiger partial charge in [0.05, 0.1) is 12.4 Å². The maximum absolute atomic E-state index is 11.3. The van der Waals surface area contributed by atoms with Crippen LogP contribution in [-0.2, 0) is 9.84 Å². The van der Waals surface area contributed by atoms with Crippen LogP contribution in [0.3, 0.4) is 0 Å². The maximum atomic E-state index is 11.3. The van der Waals surface area contributed by atoms with E-state index in [0.29, 0.717) is 13.0 Å². The fraction of sp³-hybridized carbons (Fsp3) is 0.538. The molecule has 102 valence electrons. The first-order valence-electron chi connectivity index (χ1n) is 5.95. The lowest BCUT2D eigenvalue weighted by molar-refractivity contribution is 0.317. The van der Waals surface area contributed by atoms with Crippen molar-refractivity contribution in [2.24, 2.45) is 0 Å². The van der Waals surface area contributed by atoms with Gasteiger partial charge in [0.2, 0.25) is 0 Å². The average molecular weight is 335 g/mol. The number of hydrogen-bond donors (Lipinski definition) is 0. The molecule has 0 bridgehead atoms. The van der Waals surface area contributed by atoms with Crippen LogP contribution >= 0.6 is 15.9 Å². The summed E-state index contributed by atoms with van der Waals surface area (Å²) < 4.78 is 29.3. The molecule has 0 aromatic heterocycles. The minimum absolute atomic E-state index is 0.192. The third-order valence-corrected chi connectivity index (χ3v) is 5.76. The predicted molar refractivity (Wildman–Crippen MR) is 78.1 cm³/mol. The Morgan fingerprint density at radius 1 is 1.22 bits per heavy atom. The van der Waals surface area contributed by atoms with Crippen LogP contribution in [0.1, 0.15) is 24.5 Å². The van der Waals surface area contributed by atoms with Crippen molar-refractivity contribution in [3.8, 4) is 5.75 Å². The van der Waals surface area contributed by atoms with Gasteiger partial charge in [-0.2, -0.15) is 0 Å². The van der Waals surface area contributed by atoms with Gasteiger partial charge in [0.15, 0.2) is 0 Å². The summed E-state index contributed by atoms with van der Waals surface area (Å²) in [4.78, 5) is 0. The molecule has 0 atom stereocenters. The molecule has 1 aromatic carbocycles. The molecule has 0 saturated heterocycles. The maximum Gasteiger partial charge on any atom is 0.150 e. The second-order valence-corrected chi connectivity index (χ2v) is 7.58. The Morgan fingerprint density at radius 2 is 1.78 bits per heavy atom. The Balaban J connectivity index is 2.50. The second-order valence-electron chi connectivity index (χ2n) is 4.31. The first-order chi connectivity index (χ1) is 8.35. The summed E-state index contributed by atoms with van der Waals surface area (Å²) >= 11 is 3.50. The molecular weight excluding hydrogens is 316 g/mol. The molecule has 0 fully saturated rings. The van der Waals surface area contributed by atoms with E-state index in [1.165, 1.54) is 0 Å². The van der Waals surface area contributed by atoms with Crippen molar-refractivity contribution in [2.45, 2.75) is 27.2 Å². The van der Waals surface area contributed by atoms with E-state index in [1.54, 1.807) is 6.92 Å². The molecule has 3 nitrogen and oxygen atoms in total. The molecule has 0 amide bonds. The highest BCUT2D eigenvalue weighted by atomic mass is 79.9. The lowest BCUT2D eigenvalue weighted by atomic mass is 10.1. The van der Waals surface area contributed by atoms with Crippen LogP contribution in [0.5, 0.6) is 5.75 Å². The largest absolute Gasteiger partial charge is 0.494 e. The molecule has 0 aliphatic carbocycles. The number of halogens is 1. The number of hydrogen-bond acceptors (Lipinski definition) is 3. The molecule has 18 heavy (non-hydrogen) atoms. The fourth-order valence-corrected chi connectivity index (χ4v) is 2.68. The SMILES string of the molecule is CCS(=O)(=O)CCCOc1cc(C)c(Br)c(C)c1. The molecule has 0 aliphatic heterocycles. The quantitative estimate of drug-likeness (QED) is 0.750. The number of benzene rings is 1. The second kappa shape index (κ2) is 6.57. The van der Waals surface area contributed by atoms with Crippen LogP contribution in [-0.4, -0.2) is 26.5 Å². The molecule has 1 rings (SSSR count). The molecule has 1 aromatic rings. The third kappa shape index (κ3) is 4.61. The van der Waals surface area contributed by atoms with Gasteiger partial charge in [-0.3, -0.25) is 0 Å². The molecule has 0 N–H and O–H groups in total. The van der Waals surface area contributed by atoms with Crippen LogP contribution in [0.4, 0.5) is 0 Å². The summed E-state index contributed by atoms with van der Waals surface area (Å²) in [6.07, 6.45) is 0.532. The fourth-order valence-electron chi connectivity index (χ4n) is 1.60. The van der Waals surface area contributed by atoms with E-state index >= 15 is 0 Å². The van der Waals surface area contributed by atoms with Crippen molar-refractivity contribution in [3.05, 3.63) is 27.7 Å². The minimum atomic E-state index is -2.88. The van der Waals surface area contributed by atoms with Gasteiger partial charge in [0, 0.05) is 10.2 Å². The van der Waals surface area contributed by atoms with Gasteiger partial charge in [0.25, 0.3) is 0 Å². The normalized spacial score (nSPS) is 11.6. The van der Waals surface area contributed by atoms with Crippen molar-refractivity contribution < 1.29 is 13.2 Å². The zero-order chi connectivity index (χ0) is 13.8. The van der Waals surface area contributed by atoms with E-state index in [1.807, 2.05) is 26.0 Å². The highest BCUT2D eigenvalue weighted by Crippen LogP contribution is 2.26. The van der Waals surface area contributed by atoms with Crippen LogP contribution in [0, 0.1) is 13.8 Å². The van der Waals surface area contributed by atoms with E-state index in [0.717, 1.165) is 21.3 Å². The molecule has 0 radical (unpaired) electrons. The highest BCUT2D eigenvalue weighted by Gasteiger charge is 2.07. The van der Waals surface area contributed by atoms with Crippen LogP contribution in [0.15, 0.2) is 16.6 Å². The zero-order valence-corrected chi connectivity index (χ0v) is 13.4. The van der Waals surface area contributed by atoms with E-state index in [-0.39, 0.29) is 11.5 Å². The number of sulfone groups is 1. The first kappa shape index (κ1) is 15.5. The molecule has 0 aliphatic rings. The van der Waals surface area contributed by atoms with Gasteiger partial charge in [-0.15, -0.1) is 0 Å². The summed E-state index contributed by atoms with van der Waals surface area (Å²) in [5.74, 6) is 1.18. The lowest BCUT2D eigenvalue weighted by Gasteiger charge is -2.10. The molecule has 0 saturated carbocycles. The number of aryl methyl sites for hydroxylation is 2. The van der Waals surface area contributed by atoms with Crippen LogP contribution in [0.25, 0.3) is 0 Å². The Hall–Kier alpha value is -0.550. The van der Waals surface area contributed by atoms with Crippen molar-refractivity contribution in [3.63, 3.8) is 0 Å². The Kier molecular flexibility index (Phi) is 5.66. The number of rotatable bonds is 6. The monoisotopic (exact) mass is 334 g/mol. The van der Waals surface area contributed by atoms with Crippen molar-refractivity contribution in [1.29, 1.82) is 0 Å². The molecule has 0 spiro atoms. The van der Waals surface area contributed by atoms with Gasteiger partial charge in [-0.1, -0.05) is 22.9 Å². The summed E-state index contributed by atoms with van der Waals surface area (Å²) in [5.41, 5.74) is 2.23. The molecular formula is C13H19BrO3S. The van der Waals surface area contributed by atoms with E-state index in [2.05, 4.69) is 15.9 Å². The van der Waals surface area contributed by atoms with Gasteiger partial charge in [-0.05, 0) is 43.5 Å². The van der Waals surface area contributed by atoms with Gasteiger partial charge >= 0.3 is 0 Å². The summed E-state index contributed by atoms with van der Waals surface area (Å²) in [5, 5.41) is 0. The highest BCUT2D eigenvalue weighted by molar-refractivity contribution is 9.10. The Bertz CT molecular complexity index is 486. The first-order valence-corrected chi connectivity index (χ1v) is 8.57. The summed E-state index contributed by atoms with van der Waals surface area (Å²) in [7, 11) is -2.88. The van der Waals surface area contributed by atoms with E-state index in [9.17, 15) is 8.42 Å². The van der Waals surface area contributed by atoms with Crippen LogP contribution in [0.2, 0.25) is 0 Å². The smallest absolute Gasteiger partial charge is 0.150 e. The minimum Gasteiger partial charge on any atom is -0.494 e. The third-order valence-electron chi connectivity index (χ3n) is 2.72. The van der Waals surface area contributed by atoms with Gasteiger partial charge < -0.3 is 4.74 Å². The van der Waals surface area contributed by atoms with Gasteiger partial charge in [0.1, 0.15) is 15.6 Å². The van der Waals surface area contributed by atoms with E-state index in [4.69, 9.17) is 4.74 Å². The zero-order valence-electron chi connectivity index (χ0n) is 11.0. The van der Waals surface area contributed by atoms with Crippen molar-refractivity contribution >= 4 is 25.8 Å². The molecule has 0 heterocycles. The topological polar surface area (TPSA) is 43.4 Å². The number of ether oxygens (including phenoxy) is 1.